The number of piperazine rings is 1. The lowest BCUT2D eigenvalue weighted by molar-refractivity contribution is 0.126. The molecule has 2 heterocycles. The Morgan fingerprint density at radius 1 is 0.829 bits per heavy atom. The highest BCUT2D eigenvalue weighted by atomic mass is 16.5. The summed E-state index contributed by atoms with van der Waals surface area (Å²) in [5.74, 6) is 0.691. The van der Waals surface area contributed by atoms with Gasteiger partial charge >= 0.3 is 6.03 Å². The molecule has 7 heteroatoms. The zero-order valence-corrected chi connectivity index (χ0v) is 19.8. The van der Waals surface area contributed by atoms with Crippen molar-refractivity contribution in [1.82, 2.24) is 19.8 Å². The quantitative estimate of drug-likeness (QED) is 0.434. The number of urea groups is 1. The molecular weight excluding hydrogens is 438 g/mol. The summed E-state index contributed by atoms with van der Waals surface area (Å²) in [6.45, 7) is 5.10. The largest absolute Gasteiger partial charge is 0.475 e. The first-order valence-electron chi connectivity index (χ1n) is 12.0. The van der Waals surface area contributed by atoms with Gasteiger partial charge in [0.2, 0.25) is 0 Å². The third-order valence-corrected chi connectivity index (χ3v) is 6.24. The first kappa shape index (κ1) is 22.8. The second-order valence-electron chi connectivity index (χ2n) is 8.48. The Morgan fingerprint density at radius 2 is 1.37 bits per heavy atom. The third-order valence-electron chi connectivity index (χ3n) is 6.24. The number of hydrogen-bond acceptors (Lipinski definition) is 5. The molecule has 3 aromatic carbocycles. The van der Waals surface area contributed by atoms with Crippen LogP contribution in [-0.2, 0) is 0 Å². The topological polar surface area (TPSA) is 70.6 Å². The summed E-state index contributed by atoms with van der Waals surface area (Å²) in [4.78, 5) is 26.6. The molecular formula is C28H29N5O2. The zero-order chi connectivity index (χ0) is 24.0. The molecule has 2 amide bonds. The third kappa shape index (κ3) is 5.10. The van der Waals surface area contributed by atoms with Crippen LogP contribution in [0.4, 0.5) is 10.6 Å². The zero-order valence-electron chi connectivity index (χ0n) is 19.8. The van der Waals surface area contributed by atoms with Crippen LogP contribution in [-0.4, -0.2) is 58.6 Å². The lowest BCUT2D eigenvalue weighted by Gasteiger charge is -2.39. The Balaban J connectivity index is 1.30. The van der Waals surface area contributed by atoms with Gasteiger partial charge in [-0.1, -0.05) is 72.8 Å². The molecule has 1 saturated heterocycles. The number of carbonyl (C=O) groups excluding carboxylic acids is 1. The number of anilines is 1. The van der Waals surface area contributed by atoms with Gasteiger partial charge in [0, 0.05) is 26.2 Å². The van der Waals surface area contributed by atoms with Crippen molar-refractivity contribution in [3.05, 3.63) is 96.1 Å². The molecule has 1 aliphatic heterocycles. The fourth-order valence-electron chi connectivity index (χ4n) is 4.55. The van der Waals surface area contributed by atoms with Gasteiger partial charge in [0.05, 0.1) is 23.7 Å². The van der Waals surface area contributed by atoms with Crippen LogP contribution in [0.3, 0.4) is 0 Å². The molecule has 7 nitrogen and oxygen atoms in total. The Bertz CT molecular complexity index is 1240. The Morgan fingerprint density at radius 3 is 1.94 bits per heavy atom. The molecule has 1 aromatic heterocycles. The molecule has 0 radical (unpaired) electrons. The van der Waals surface area contributed by atoms with Crippen molar-refractivity contribution < 1.29 is 9.53 Å². The van der Waals surface area contributed by atoms with E-state index in [2.05, 4.69) is 68.7 Å². The molecule has 5 rings (SSSR count). The van der Waals surface area contributed by atoms with Crippen molar-refractivity contribution in [2.24, 2.45) is 0 Å². The summed E-state index contributed by atoms with van der Waals surface area (Å²) in [7, 11) is 0. The first-order valence-corrected chi connectivity index (χ1v) is 12.0. The molecule has 178 valence electrons. The minimum Gasteiger partial charge on any atom is -0.475 e. The number of fused-ring (bicyclic) bond motifs is 1. The number of rotatable bonds is 6. The van der Waals surface area contributed by atoms with E-state index in [4.69, 9.17) is 4.74 Å². The molecule has 0 saturated carbocycles. The van der Waals surface area contributed by atoms with E-state index in [0.717, 1.165) is 18.6 Å². The smallest absolute Gasteiger partial charge is 0.323 e. The molecule has 1 aliphatic rings. The van der Waals surface area contributed by atoms with E-state index in [0.29, 0.717) is 36.9 Å². The number of nitrogens with one attached hydrogen (secondary N) is 1. The highest BCUT2D eigenvalue weighted by Gasteiger charge is 2.28. The van der Waals surface area contributed by atoms with Gasteiger partial charge < -0.3 is 9.64 Å². The monoisotopic (exact) mass is 467 g/mol. The first-order chi connectivity index (χ1) is 17.2. The Kier molecular flexibility index (Phi) is 6.86. The summed E-state index contributed by atoms with van der Waals surface area (Å²) < 4.78 is 5.66. The van der Waals surface area contributed by atoms with Crippen molar-refractivity contribution in [3.63, 3.8) is 0 Å². The number of amides is 2. The van der Waals surface area contributed by atoms with Gasteiger partial charge in [-0.25, -0.2) is 14.8 Å². The molecule has 0 aliphatic carbocycles. The van der Waals surface area contributed by atoms with Crippen LogP contribution in [0.2, 0.25) is 0 Å². The second-order valence-corrected chi connectivity index (χ2v) is 8.48. The average molecular weight is 468 g/mol. The molecule has 0 bridgehead atoms. The van der Waals surface area contributed by atoms with Crippen LogP contribution in [0, 0.1) is 0 Å². The minimum atomic E-state index is -0.189. The molecule has 0 unspecified atom stereocenters. The predicted molar refractivity (Wildman–Crippen MR) is 138 cm³/mol. The summed E-state index contributed by atoms with van der Waals surface area (Å²) in [5.41, 5.74) is 3.95. The highest BCUT2D eigenvalue weighted by Crippen LogP contribution is 2.30. The van der Waals surface area contributed by atoms with Crippen LogP contribution in [0.1, 0.15) is 24.1 Å². The summed E-state index contributed by atoms with van der Waals surface area (Å²) in [5, 5.41) is 2.93. The standard InChI is InChI=1S/C28H29N5O2/c1-2-35-27-26(29-23-15-9-10-16-24(23)30-27)31-28(34)33-19-17-32(18-20-33)25(21-11-5-3-6-12-21)22-13-7-4-8-14-22/h3-16,25H,2,17-20H2,1H3,(H,29,31,34). The van der Waals surface area contributed by atoms with Gasteiger partial charge in [0.15, 0.2) is 5.82 Å². The summed E-state index contributed by atoms with van der Waals surface area (Å²) in [6, 6.07) is 28.6. The number of hydrogen-bond donors (Lipinski definition) is 1. The molecule has 1 fully saturated rings. The number of ether oxygens (including phenoxy) is 1. The van der Waals surface area contributed by atoms with E-state index in [1.807, 2.05) is 48.2 Å². The fraction of sp³-hybridized carbons (Fsp3) is 0.250. The van der Waals surface area contributed by atoms with E-state index in [9.17, 15) is 4.79 Å². The van der Waals surface area contributed by atoms with Gasteiger partial charge in [-0.05, 0) is 30.2 Å². The van der Waals surface area contributed by atoms with Gasteiger partial charge in [-0.2, -0.15) is 0 Å². The predicted octanol–water partition coefficient (Wildman–Crippen LogP) is 4.97. The van der Waals surface area contributed by atoms with Crippen LogP contribution in [0.5, 0.6) is 5.88 Å². The average Bonchev–Trinajstić information content (AvgIpc) is 2.91. The maximum atomic E-state index is 13.1. The lowest BCUT2D eigenvalue weighted by Crippen LogP contribution is -2.51. The molecule has 0 spiro atoms. The fourth-order valence-corrected chi connectivity index (χ4v) is 4.55. The van der Waals surface area contributed by atoms with E-state index in [1.165, 1.54) is 11.1 Å². The molecule has 35 heavy (non-hydrogen) atoms. The van der Waals surface area contributed by atoms with Gasteiger partial charge in [0.1, 0.15) is 0 Å². The van der Waals surface area contributed by atoms with Crippen molar-refractivity contribution in [3.8, 4) is 5.88 Å². The summed E-state index contributed by atoms with van der Waals surface area (Å²) >= 11 is 0. The van der Waals surface area contributed by atoms with Crippen molar-refractivity contribution in [2.45, 2.75) is 13.0 Å². The second kappa shape index (κ2) is 10.5. The maximum Gasteiger partial charge on any atom is 0.323 e. The van der Waals surface area contributed by atoms with Gasteiger partial charge in [-0.15, -0.1) is 0 Å². The minimum absolute atomic E-state index is 0.151. The highest BCUT2D eigenvalue weighted by molar-refractivity contribution is 5.91. The van der Waals surface area contributed by atoms with Crippen LogP contribution >= 0.6 is 0 Å². The lowest BCUT2D eigenvalue weighted by atomic mass is 9.96. The Hall–Kier alpha value is -3.97. The van der Waals surface area contributed by atoms with E-state index in [-0.39, 0.29) is 12.1 Å². The van der Waals surface area contributed by atoms with Crippen LogP contribution in [0.25, 0.3) is 11.0 Å². The van der Waals surface area contributed by atoms with Crippen LogP contribution in [0.15, 0.2) is 84.9 Å². The molecule has 1 N–H and O–H groups in total. The number of aromatic nitrogens is 2. The summed E-state index contributed by atoms with van der Waals surface area (Å²) in [6.07, 6.45) is 0. The molecule has 4 aromatic rings. The Labute approximate surface area is 205 Å². The number of nitrogens with zero attached hydrogens (tertiary/aromatic N) is 4. The number of carbonyl (C=O) groups is 1. The molecule has 0 atom stereocenters. The van der Waals surface area contributed by atoms with Crippen molar-refractivity contribution in [1.29, 1.82) is 0 Å². The van der Waals surface area contributed by atoms with Crippen molar-refractivity contribution >= 4 is 22.9 Å². The SMILES string of the molecule is CCOc1nc2ccccc2nc1NC(=O)N1CCN(C(c2ccccc2)c2ccccc2)CC1. The van der Waals surface area contributed by atoms with E-state index >= 15 is 0 Å². The normalized spacial score (nSPS) is 14.3. The van der Waals surface area contributed by atoms with Crippen molar-refractivity contribution in [2.75, 3.05) is 38.1 Å². The number of benzene rings is 3. The van der Waals surface area contributed by atoms with E-state index in [1.54, 1.807) is 0 Å². The van der Waals surface area contributed by atoms with E-state index < -0.39 is 0 Å². The van der Waals surface area contributed by atoms with Crippen LogP contribution < -0.4 is 10.1 Å². The number of para-hydroxylation sites is 2. The van der Waals surface area contributed by atoms with Gasteiger partial charge in [-0.3, -0.25) is 10.2 Å². The maximum absolute atomic E-state index is 13.1. The van der Waals surface area contributed by atoms with Gasteiger partial charge in [0.25, 0.3) is 5.88 Å².